The van der Waals surface area contributed by atoms with E-state index in [1.54, 1.807) is 13.4 Å². The lowest BCUT2D eigenvalue weighted by Crippen LogP contribution is -2.14. The topological polar surface area (TPSA) is 49.8 Å². The van der Waals surface area contributed by atoms with Gasteiger partial charge >= 0.3 is 0 Å². The van der Waals surface area contributed by atoms with Crippen LogP contribution in [0.2, 0.25) is 0 Å². The first-order chi connectivity index (χ1) is 10.8. The molecule has 1 atom stereocenters. The molecular weight excluding hydrogens is 282 g/mol. The van der Waals surface area contributed by atoms with Crippen molar-refractivity contribution in [1.82, 2.24) is 4.98 Å². The summed E-state index contributed by atoms with van der Waals surface area (Å²) in [6, 6.07) is 5.74. The van der Waals surface area contributed by atoms with Crippen LogP contribution in [0.25, 0.3) is 17.0 Å². The Hall–Kier alpha value is -2.27. The predicted molar refractivity (Wildman–Crippen MR) is 84.0 cm³/mol. The number of methoxy groups -OCH3 is 1. The molecule has 0 spiro atoms. The molecule has 1 aromatic carbocycles. The predicted octanol–water partition coefficient (Wildman–Crippen LogP) is 3.68. The van der Waals surface area contributed by atoms with Crippen molar-refractivity contribution in [1.29, 1.82) is 0 Å². The zero-order chi connectivity index (χ0) is 15.5. The van der Waals surface area contributed by atoms with Gasteiger partial charge in [0.05, 0.1) is 36.8 Å². The molecule has 1 unspecified atom stereocenters. The Morgan fingerprint density at radius 3 is 2.82 bits per heavy atom. The van der Waals surface area contributed by atoms with E-state index in [0.29, 0.717) is 13.2 Å². The highest BCUT2D eigenvalue weighted by Crippen LogP contribution is 2.40. The van der Waals surface area contributed by atoms with Crippen LogP contribution in [0.5, 0.6) is 11.5 Å². The molecule has 0 bridgehead atoms. The van der Waals surface area contributed by atoms with E-state index in [2.05, 4.69) is 4.98 Å². The van der Waals surface area contributed by atoms with Gasteiger partial charge in [0.25, 0.3) is 0 Å². The minimum Gasteiger partial charge on any atom is -0.497 e. The van der Waals surface area contributed by atoms with E-state index in [-0.39, 0.29) is 0 Å². The quantitative estimate of drug-likeness (QED) is 0.843. The van der Waals surface area contributed by atoms with Crippen molar-refractivity contribution in [3.63, 3.8) is 0 Å². The summed E-state index contributed by atoms with van der Waals surface area (Å²) in [4.78, 5) is 4.68. The lowest BCUT2D eigenvalue weighted by molar-refractivity contribution is -0.108. The van der Waals surface area contributed by atoms with Crippen LogP contribution in [0.4, 0.5) is 0 Å². The highest BCUT2D eigenvalue weighted by atomic mass is 16.7. The van der Waals surface area contributed by atoms with E-state index in [4.69, 9.17) is 18.9 Å². The van der Waals surface area contributed by atoms with Crippen LogP contribution >= 0.6 is 0 Å². The van der Waals surface area contributed by atoms with Crippen LogP contribution in [-0.2, 0) is 9.47 Å². The molecule has 0 amide bonds. The van der Waals surface area contributed by atoms with Crippen LogP contribution in [0.15, 0.2) is 24.5 Å². The second-order valence-corrected chi connectivity index (χ2v) is 4.78. The first kappa shape index (κ1) is 14.7. The highest BCUT2D eigenvalue weighted by Gasteiger charge is 2.27. The number of pyridine rings is 1. The fraction of sp³-hybridized carbons (Fsp3) is 0.353. The van der Waals surface area contributed by atoms with Crippen molar-refractivity contribution in [2.45, 2.75) is 20.1 Å². The maximum Gasteiger partial charge on any atom is 0.231 e. The SMILES string of the molecule is CCOc1c2c(nc3ccc(OC)cc13)C=COC2OCC. The summed E-state index contributed by atoms with van der Waals surface area (Å²) in [5, 5.41) is 0.892. The first-order valence-electron chi connectivity index (χ1n) is 7.36. The van der Waals surface area contributed by atoms with Crippen LogP contribution < -0.4 is 9.47 Å². The normalized spacial score (nSPS) is 16.2. The fourth-order valence-electron chi connectivity index (χ4n) is 2.54. The Morgan fingerprint density at radius 1 is 1.23 bits per heavy atom. The molecule has 0 radical (unpaired) electrons. The van der Waals surface area contributed by atoms with Crippen LogP contribution in [0.3, 0.4) is 0 Å². The van der Waals surface area contributed by atoms with Crippen LogP contribution in [0, 0.1) is 0 Å². The van der Waals surface area contributed by atoms with E-state index in [0.717, 1.165) is 33.7 Å². The Balaban J connectivity index is 2.27. The smallest absolute Gasteiger partial charge is 0.231 e. The van der Waals surface area contributed by atoms with Crippen molar-refractivity contribution in [3.05, 3.63) is 35.7 Å². The highest BCUT2D eigenvalue weighted by molar-refractivity contribution is 5.89. The minimum atomic E-state index is -0.505. The minimum absolute atomic E-state index is 0.505. The van der Waals surface area contributed by atoms with E-state index in [9.17, 15) is 0 Å². The van der Waals surface area contributed by atoms with Gasteiger partial charge < -0.3 is 18.9 Å². The molecule has 0 saturated carbocycles. The summed E-state index contributed by atoms with van der Waals surface area (Å²) in [5.41, 5.74) is 2.49. The number of ether oxygens (including phenoxy) is 4. The molecule has 1 aliphatic rings. The molecule has 0 saturated heterocycles. The molecule has 1 aliphatic heterocycles. The number of hydrogen-bond donors (Lipinski definition) is 0. The summed E-state index contributed by atoms with van der Waals surface area (Å²) in [5.74, 6) is 1.50. The van der Waals surface area contributed by atoms with E-state index < -0.39 is 6.29 Å². The van der Waals surface area contributed by atoms with Gasteiger partial charge in [-0.25, -0.2) is 4.98 Å². The molecule has 1 aromatic heterocycles. The number of hydrogen-bond acceptors (Lipinski definition) is 5. The van der Waals surface area contributed by atoms with E-state index in [1.807, 2.05) is 38.1 Å². The second kappa shape index (κ2) is 6.23. The Kier molecular flexibility index (Phi) is 4.15. The van der Waals surface area contributed by atoms with Gasteiger partial charge in [-0.15, -0.1) is 0 Å². The molecule has 2 aromatic rings. The largest absolute Gasteiger partial charge is 0.497 e. The lowest BCUT2D eigenvalue weighted by Gasteiger charge is -2.25. The number of fused-ring (bicyclic) bond motifs is 2. The van der Waals surface area contributed by atoms with Gasteiger partial charge in [0.2, 0.25) is 6.29 Å². The fourth-order valence-corrected chi connectivity index (χ4v) is 2.54. The summed E-state index contributed by atoms with van der Waals surface area (Å²) in [7, 11) is 1.64. The van der Waals surface area contributed by atoms with Crippen molar-refractivity contribution in [2.75, 3.05) is 20.3 Å². The van der Waals surface area contributed by atoms with Gasteiger partial charge in [0.15, 0.2) is 0 Å². The van der Waals surface area contributed by atoms with Crippen molar-refractivity contribution >= 4 is 17.0 Å². The summed E-state index contributed by atoms with van der Waals surface area (Å²) < 4.78 is 22.5. The maximum absolute atomic E-state index is 5.90. The average molecular weight is 301 g/mol. The van der Waals surface area contributed by atoms with Gasteiger partial charge in [-0.05, 0) is 38.1 Å². The standard InChI is InChI=1S/C17H19NO4/c1-4-20-16-12-10-11(19-3)6-7-13(12)18-14-8-9-22-17(15(14)16)21-5-2/h6-10,17H,4-5H2,1-3H3. The number of rotatable bonds is 5. The average Bonchev–Trinajstić information content (AvgIpc) is 2.55. The Morgan fingerprint density at radius 2 is 2.09 bits per heavy atom. The lowest BCUT2D eigenvalue weighted by atomic mass is 10.0. The van der Waals surface area contributed by atoms with Gasteiger partial charge in [-0.3, -0.25) is 0 Å². The molecule has 2 heterocycles. The summed E-state index contributed by atoms with van der Waals surface area (Å²) in [6.07, 6.45) is 2.94. The van der Waals surface area contributed by atoms with Crippen molar-refractivity contribution < 1.29 is 18.9 Å². The molecule has 22 heavy (non-hydrogen) atoms. The summed E-state index contributed by atoms with van der Waals surface area (Å²) in [6.45, 7) is 4.97. The van der Waals surface area contributed by atoms with Gasteiger partial charge in [-0.2, -0.15) is 0 Å². The molecule has 0 N–H and O–H groups in total. The van der Waals surface area contributed by atoms with Gasteiger partial charge in [-0.1, -0.05) is 0 Å². The van der Waals surface area contributed by atoms with Crippen molar-refractivity contribution in [3.8, 4) is 11.5 Å². The number of aromatic nitrogens is 1. The number of benzene rings is 1. The van der Waals surface area contributed by atoms with Crippen LogP contribution in [-0.4, -0.2) is 25.3 Å². The Bertz CT molecular complexity index is 711. The van der Waals surface area contributed by atoms with Gasteiger partial charge in [0, 0.05) is 12.0 Å². The molecule has 0 aliphatic carbocycles. The second-order valence-electron chi connectivity index (χ2n) is 4.78. The van der Waals surface area contributed by atoms with E-state index in [1.165, 1.54) is 0 Å². The molecular formula is C17H19NO4. The monoisotopic (exact) mass is 301 g/mol. The molecule has 116 valence electrons. The van der Waals surface area contributed by atoms with Gasteiger partial charge in [0.1, 0.15) is 11.5 Å². The summed E-state index contributed by atoms with van der Waals surface area (Å²) >= 11 is 0. The zero-order valence-electron chi connectivity index (χ0n) is 13.0. The Labute approximate surface area is 129 Å². The number of nitrogens with zero attached hydrogens (tertiary/aromatic N) is 1. The molecule has 0 fully saturated rings. The third kappa shape index (κ3) is 2.48. The van der Waals surface area contributed by atoms with Crippen LogP contribution in [0.1, 0.15) is 31.4 Å². The molecule has 5 nitrogen and oxygen atoms in total. The third-order valence-corrected chi connectivity index (χ3v) is 3.48. The first-order valence-corrected chi connectivity index (χ1v) is 7.36. The third-order valence-electron chi connectivity index (χ3n) is 3.48. The molecule has 3 rings (SSSR count). The van der Waals surface area contributed by atoms with E-state index >= 15 is 0 Å². The molecule has 5 heteroatoms. The zero-order valence-corrected chi connectivity index (χ0v) is 13.0. The maximum atomic E-state index is 5.90. The van der Waals surface area contributed by atoms with Crippen molar-refractivity contribution in [2.24, 2.45) is 0 Å².